The van der Waals surface area contributed by atoms with Crippen molar-refractivity contribution < 1.29 is 4.74 Å². The predicted octanol–water partition coefficient (Wildman–Crippen LogP) is 3.40. The van der Waals surface area contributed by atoms with Gasteiger partial charge in [0.2, 0.25) is 0 Å². The third-order valence-corrected chi connectivity index (χ3v) is 3.74. The maximum absolute atomic E-state index is 6.10. The maximum Gasteiger partial charge on any atom is 0.254 e. The molecule has 0 saturated carbocycles. The SMILES string of the molecule is CCc1c(C)nc2ncnn2c1Nc1cc(Cl)ccc1OC. The van der Waals surface area contributed by atoms with Gasteiger partial charge in [-0.3, -0.25) is 0 Å². The molecule has 114 valence electrons. The van der Waals surface area contributed by atoms with Crippen molar-refractivity contribution >= 4 is 28.9 Å². The van der Waals surface area contributed by atoms with Gasteiger partial charge in [0.15, 0.2) is 0 Å². The third kappa shape index (κ3) is 2.46. The number of nitrogens with one attached hydrogen (secondary N) is 1. The molecule has 0 spiro atoms. The van der Waals surface area contributed by atoms with Gasteiger partial charge in [-0.2, -0.15) is 14.6 Å². The molecule has 0 bridgehead atoms. The number of nitrogens with zero attached hydrogens (tertiary/aromatic N) is 4. The fraction of sp³-hybridized carbons (Fsp3) is 0.267. The minimum Gasteiger partial charge on any atom is -0.495 e. The number of fused-ring (bicyclic) bond motifs is 1. The van der Waals surface area contributed by atoms with E-state index in [9.17, 15) is 0 Å². The molecule has 3 rings (SSSR count). The van der Waals surface area contributed by atoms with Crippen molar-refractivity contribution in [3.63, 3.8) is 0 Å². The highest BCUT2D eigenvalue weighted by Gasteiger charge is 2.15. The molecule has 0 radical (unpaired) electrons. The number of benzene rings is 1. The van der Waals surface area contributed by atoms with Crippen LogP contribution in [-0.4, -0.2) is 26.7 Å². The summed E-state index contributed by atoms with van der Waals surface area (Å²) in [5, 5.41) is 8.24. The van der Waals surface area contributed by atoms with Gasteiger partial charge in [0.25, 0.3) is 5.78 Å². The minimum absolute atomic E-state index is 0.554. The lowest BCUT2D eigenvalue weighted by molar-refractivity contribution is 0.417. The van der Waals surface area contributed by atoms with E-state index in [0.29, 0.717) is 16.5 Å². The molecule has 3 aromatic rings. The van der Waals surface area contributed by atoms with E-state index in [1.54, 1.807) is 17.7 Å². The first-order chi connectivity index (χ1) is 10.6. The summed E-state index contributed by atoms with van der Waals surface area (Å²) in [6.07, 6.45) is 2.31. The van der Waals surface area contributed by atoms with E-state index < -0.39 is 0 Å². The number of rotatable bonds is 4. The molecule has 1 aromatic carbocycles. The fourth-order valence-electron chi connectivity index (χ4n) is 2.44. The molecule has 0 fully saturated rings. The Bertz CT molecular complexity index is 830. The van der Waals surface area contributed by atoms with Gasteiger partial charge in [-0.15, -0.1) is 0 Å². The molecule has 0 aliphatic rings. The monoisotopic (exact) mass is 317 g/mol. The molecule has 0 aliphatic carbocycles. The van der Waals surface area contributed by atoms with E-state index in [4.69, 9.17) is 16.3 Å². The van der Waals surface area contributed by atoms with Crippen LogP contribution in [0, 0.1) is 6.92 Å². The van der Waals surface area contributed by atoms with Crippen molar-refractivity contribution in [2.75, 3.05) is 12.4 Å². The lowest BCUT2D eigenvalue weighted by atomic mass is 10.1. The number of halogens is 1. The van der Waals surface area contributed by atoms with E-state index in [2.05, 4.69) is 27.3 Å². The first kappa shape index (κ1) is 14.6. The van der Waals surface area contributed by atoms with Gasteiger partial charge in [0.1, 0.15) is 17.9 Å². The van der Waals surface area contributed by atoms with Gasteiger partial charge >= 0.3 is 0 Å². The van der Waals surface area contributed by atoms with Crippen molar-refractivity contribution in [3.8, 4) is 5.75 Å². The number of aromatic nitrogens is 4. The number of hydrogen-bond acceptors (Lipinski definition) is 5. The molecule has 0 unspecified atom stereocenters. The van der Waals surface area contributed by atoms with Crippen molar-refractivity contribution in [3.05, 3.63) is 40.8 Å². The summed E-state index contributed by atoms with van der Waals surface area (Å²) in [4.78, 5) is 8.62. The molecule has 0 saturated heterocycles. The van der Waals surface area contributed by atoms with Crippen LogP contribution in [0.1, 0.15) is 18.2 Å². The van der Waals surface area contributed by atoms with Crippen LogP contribution >= 0.6 is 11.6 Å². The summed E-state index contributed by atoms with van der Waals surface area (Å²) >= 11 is 6.10. The second-order valence-corrected chi connectivity index (χ2v) is 5.26. The first-order valence-corrected chi connectivity index (χ1v) is 7.31. The molecule has 0 atom stereocenters. The molecule has 0 amide bonds. The average molecular weight is 318 g/mol. The highest BCUT2D eigenvalue weighted by Crippen LogP contribution is 2.32. The van der Waals surface area contributed by atoms with Crippen LogP contribution in [-0.2, 0) is 6.42 Å². The van der Waals surface area contributed by atoms with E-state index in [1.165, 1.54) is 6.33 Å². The van der Waals surface area contributed by atoms with Gasteiger partial charge < -0.3 is 10.1 Å². The highest BCUT2D eigenvalue weighted by atomic mass is 35.5. The normalized spacial score (nSPS) is 10.9. The quantitative estimate of drug-likeness (QED) is 0.799. The van der Waals surface area contributed by atoms with E-state index >= 15 is 0 Å². The molecule has 2 heterocycles. The Morgan fingerprint density at radius 1 is 1.36 bits per heavy atom. The molecule has 7 heteroatoms. The second kappa shape index (κ2) is 5.81. The molecular weight excluding hydrogens is 302 g/mol. The summed E-state index contributed by atoms with van der Waals surface area (Å²) in [5.41, 5.74) is 2.76. The van der Waals surface area contributed by atoms with Crippen molar-refractivity contribution in [1.82, 2.24) is 19.6 Å². The van der Waals surface area contributed by atoms with E-state index in [-0.39, 0.29) is 0 Å². The lowest BCUT2D eigenvalue weighted by Crippen LogP contribution is -2.08. The van der Waals surface area contributed by atoms with Crippen LogP contribution in [0.4, 0.5) is 11.5 Å². The number of anilines is 2. The number of ether oxygens (including phenoxy) is 1. The highest BCUT2D eigenvalue weighted by molar-refractivity contribution is 6.31. The Labute approximate surface area is 133 Å². The molecular formula is C15H16ClN5O. The van der Waals surface area contributed by atoms with Gasteiger partial charge in [-0.25, -0.2) is 4.98 Å². The zero-order valence-electron chi connectivity index (χ0n) is 12.6. The van der Waals surface area contributed by atoms with Gasteiger partial charge in [-0.05, 0) is 31.5 Å². The van der Waals surface area contributed by atoms with Crippen molar-refractivity contribution in [2.45, 2.75) is 20.3 Å². The number of aryl methyl sites for hydroxylation is 1. The first-order valence-electron chi connectivity index (χ1n) is 6.93. The molecule has 2 aromatic heterocycles. The summed E-state index contributed by atoms with van der Waals surface area (Å²) < 4.78 is 7.07. The topological polar surface area (TPSA) is 64.3 Å². The van der Waals surface area contributed by atoms with Crippen LogP contribution in [0.15, 0.2) is 24.5 Å². The second-order valence-electron chi connectivity index (χ2n) is 4.82. The Morgan fingerprint density at radius 2 is 2.18 bits per heavy atom. The number of methoxy groups -OCH3 is 1. The van der Waals surface area contributed by atoms with Crippen LogP contribution in [0.25, 0.3) is 5.78 Å². The van der Waals surface area contributed by atoms with E-state index in [1.807, 2.05) is 19.1 Å². The van der Waals surface area contributed by atoms with E-state index in [0.717, 1.165) is 29.2 Å². The Hall–Kier alpha value is -2.34. The van der Waals surface area contributed by atoms with Crippen molar-refractivity contribution in [2.24, 2.45) is 0 Å². The Balaban J connectivity index is 2.18. The van der Waals surface area contributed by atoms with Gasteiger partial charge in [0.05, 0.1) is 12.8 Å². The zero-order valence-corrected chi connectivity index (χ0v) is 13.3. The summed E-state index contributed by atoms with van der Waals surface area (Å²) in [7, 11) is 1.62. The van der Waals surface area contributed by atoms with Crippen LogP contribution in [0.2, 0.25) is 5.02 Å². The summed E-state index contributed by atoms with van der Waals surface area (Å²) in [5.74, 6) is 2.08. The molecule has 22 heavy (non-hydrogen) atoms. The molecule has 6 nitrogen and oxygen atoms in total. The lowest BCUT2D eigenvalue weighted by Gasteiger charge is -2.16. The fourth-order valence-corrected chi connectivity index (χ4v) is 2.62. The van der Waals surface area contributed by atoms with Crippen LogP contribution in [0.5, 0.6) is 5.75 Å². The summed E-state index contributed by atoms with van der Waals surface area (Å²) in [6, 6.07) is 5.43. The largest absolute Gasteiger partial charge is 0.495 e. The minimum atomic E-state index is 0.554. The maximum atomic E-state index is 6.10. The molecule has 0 aliphatic heterocycles. The number of hydrogen-bond donors (Lipinski definition) is 1. The Morgan fingerprint density at radius 3 is 2.91 bits per heavy atom. The zero-order chi connectivity index (χ0) is 15.7. The standard InChI is InChI=1S/C15H16ClN5O/c1-4-11-9(2)19-15-17-8-18-21(15)14(11)20-12-7-10(16)5-6-13(12)22-3/h5-8,20H,4H2,1-3H3. The van der Waals surface area contributed by atoms with Gasteiger partial charge in [-0.1, -0.05) is 18.5 Å². The Kier molecular flexibility index (Phi) is 3.85. The summed E-state index contributed by atoms with van der Waals surface area (Å²) in [6.45, 7) is 4.04. The smallest absolute Gasteiger partial charge is 0.254 e. The predicted molar refractivity (Wildman–Crippen MR) is 86.2 cm³/mol. The van der Waals surface area contributed by atoms with Gasteiger partial charge in [0, 0.05) is 16.3 Å². The van der Waals surface area contributed by atoms with Crippen molar-refractivity contribution in [1.29, 1.82) is 0 Å². The average Bonchev–Trinajstić information content (AvgIpc) is 2.95. The third-order valence-electron chi connectivity index (χ3n) is 3.50. The molecule has 1 N–H and O–H groups in total. The van der Waals surface area contributed by atoms with Crippen LogP contribution < -0.4 is 10.1 Å². The van der Waals surface area contributed by atoms with Crippen LogP contribution in [0.3, 0.4) is 0 Å².